The third-order valence-corrected chi connectivity index (χ3v) is 4.49. The fourth-order valence-electron chi connectivity index (χ4n) is 3.48. The maximum Gasteiger partial charge on any atom is 0.339 e. The Bertz CT molecular complexity index is 818. The van der Waals surface area contributed by atoms with E-state index in [4.69, 9.17) is 9.47 Å². The molecule has 0 atom stereocenters. The molecule has 148 valence electrons. The van der Waals surface area contributed by atoms with E-state index in [0.29, 0.717) is 11.1 Å². The van der Waals surface area contributed by atoms with Gasteiger partial charge in [-0.1, -0.05) is 35.4 Å². The molecule has 0 unspecified atom stereocenters. The van der Waals surface area contributed by atoms with Gasteiger partial charge in [0.1, 0.15) is 0 Å². The van der Waals surface area contributed by atoms with Gasteiger partial charge in [0.05, 0.1) is 11.1 Å². The second kappa shape index (κ2) is 8.83. The van der Waals surface area contributed by atoms with E-state index >= 15 is 0 Å². The first kappa shape index (κ1) is 21.4. The van der Waals surface area contributed by atoms with Gasteiger partial charge in [-0.3, -0.25) is 4.79 Å². The summed E-state index contributed by atoms with van der Waals surface area (Å²) in [5.74, 6) is -1.59. The number of carbonyl (C=O) groups excluding carboxylic acids is 3. The van der Waals surface area contributed by atoms with Crippen molar-refractivity contribution < 1.29 is 23.9 Å². The largest absolute Gasteiger partial charge is 0.454 e. The van der Waals surface area contributed by atoms with Crippen LogP contribution in [-0.2, 0) is 14.3 Å². The number of hydrogen-bond donors (Lipinski definition) is 0. The van der Waals surface area contributed by atoms with Gasteiger partial charge in [-0.05, 0) is 63.8 Å². The Morgan fingerprint density at radius 1 is 0.607 bits per heavy atom. The van der Waals surface area contributed by atoms with Crippen LogP contribution in [0.15, 0.2) is 24.3 Å². The standard InChI is InChI=1S/C23H26O5/c1-13-7-15(3)20(16(4)8-13)22(25)27-11-19(24)12-28-23(26)21-17(5)9-14(2)10-18(21)6/h7-10H,11-12H2,1-6H3. The number of aryl methyl sites for hydroxylation is 6. The third kappa shape index (κ3) is 5.06. The van der Waals surface area contributed by atoms with E-state index in [9.17, 15) is 14.4 Å². The maximum atomic E-state index is 12.3. The van der Waals surface area contributed by atoms with Crippen molar-refractivity contribution in [2.75, 3.05) is 13.2 Å². The minimum absolute atomic E-state index is 0.440. The first-order valence-electron chi connectivity index (χ1n) is 9.11. The highest BCUT2D eigenvalue weighted by Crippen LogP contribution is 2.18. The van der Waals surface area contributed by atoms with Crippen molar-refractivity contribution in [1.29, 1.82) is 0 Å². The summed E-state index contributed by atoms with van der Waals surface area (Å²) in [6.07, 6.45) is 0. The molecule has 0 saturated carbocycles. The summed E-state index contributed by atoms with van der Waals surface area (Å²) in [7, 11) is 0. The number of esters is 2. The SMILES string of the molecule is Cc1cc(C)c(C(=O)OCC(=O)COC(=O)c2c(C)cc(C)cc2C)c(C)c1. The van der Waals surface area contributed by atoms with Gasteiger partial charge in [0.15, 0.2) is 13.2 Å². The third-order valence-electron chi connectivity index (χ3n) is 4.49. The molecule has 2 rings (SSSR count). The Morgan fingerprint density at radius 3 is 1.18 bits per heavy atom. The van der Waals surface area contributed by atoms with Crippen LogP contribution in [0.5, 0.6) is 0 Å². The lowest BCUT2D eigenvalue weighted by atomic mass is 10.00. The molecule has 5 heteroatoms. The molecule has 0 aliphatic heterocycles. The van der Waals surface area contributed by atoms with Crippen molar-refractivity contribution in [3.8, 4) is 0 Å². The lowest BCUT2D eigenvalue weighted by Crippen LogP contribution is -2.22. The molecule has 0 N–H and O–H groups in total. The molecule has 0 radical (unpaired) electrons. The van der Waals surface area contributed by atoms with Crippen LogP contribution in [0.2, 0.25) is 0 Å². The van der Waals surface area contributed by atoms with Crippen molar-refractivity contribution >= 4 is 17.7 Å². The number of carbonyl (C=O) groups is 3. The van der Waals surface area contributed by atoms with Gasteiger partial charge in [-0.15, -0.1) is 0 Å². The summed E-state index contributed by atoms with van der Waals surface area (Å²) >= 11 is 0. The fourth-order valence-corrected chi connectivity index (χ4v) is 3.48. The number of benzene rings is 2. The molecule has 28 heavy (non-hydrogen) atoms. The Morgan fingerprint density at radius 2 is 0.893 bits per heavy atom. The number of hydrogen-bond acceptors (Lipinski definition) is 5. The molecule has 2 aromatic rings. The van der Waals surface area contributed by atoms with Crippen LogP contribution in [0.25, 0.3) is 0 Å². The van der Waals surface area contributed by atoms with E-state index < -0.39 is 30.9 Å². The van der Waals surface area contributed by atoms with Crippen LogP contribution >= 0.6 is 0 Å². The van der Waals surface area contributed by atoms with E-state index in [-0.39, 0.29) is 0 Å². The van der Waals surface area contributed by atoms with E-state index in [2.05, 4.69) is 0 Å². The van der Waals surface area contributed by atoms with Gasteiger partial charge in [-0.25, -0.2) is 9.59 Å². The summed E-state index contributed by atoms with van der Waals surface area (Å²) < 4.78 is 10.2. The second-order valence-electron chi connectivity index (χ2n) is 7.24. The smallest absolute Gasteiger partial charge is 0.339 e. The Hall–Kier alpha value is -2.95. The van der Waals surface area contributed by atoms with Crippen molar-refractivity contribution in [2.45, 2.75) is 41.5 Å². The summed E-state index contributed by atoms with van der Waals surface area (Å²) in [6.45, 7) is 10.3. The zero-order valence-electron chi connectivity index (χ0n) is 17.3. The normalized spacial score (nSPS) is 10.5. The molecule has 0 heterocycles. The Balaban J connectivity index is 1.93. The maximum absolute atomic E-state index is 12.3. The van der Waals surface area contributed by atoms with Gasteiger partial charge in [-0.2, -0.15) is 0 Å². The molecule has 0 amide bonds. The fraction of sp³-hybridized carbons (Fsp3) is 0.348. The topological polar surface area (TPSA) is 69.7 Å². The van der Waals surface area contributed by atoms with E-state index in [1.54, 1.807) is 0 Å². The van der Waals surface area contributed by atoms with Crippen LogP contribution in [0, 0.1) is 41.5 Å². The molecule has 0 aliphatic carbocycles. The molecule has 0 saturated heterocycles. The van der Waals surface area contributed by atoms with Crippen LogP contribution in [0.1, 0.15) is 54.1 Å². The molecule has 0 aromatic heterocycles. The Kier molecular flexibility index (Phi) is 6.73. The number of ether oxygens (including phenoxy) is 2. The lowest BCUT2D eigenvalue weighted by molar-refractivity contribution is -0.125. The highest BCUT2D eigenvalue weighted by atomic mass is 16.6. The number of rotatable bonds is 6. The van der Waals surface area contributed by atoms with Crippen molar-refractivity contribution in [1.82, 2.24) is 0 Å². The molecule has 5 nitrogen and oxygen atoms in total. The molecule has 0 fully saturated rings. The molecule has 2 aromatic carbocycles. The quantitative estimate of drug-likeness (QED) is 0.703. The molecular weight excluding hydrogens is 356 g/mol. The van der Waals surface area contributed by atoms with Crippen LogP contribution in [0.3, 0.4) is 0 Å². The number of Topliss-reactive ketones (excluding diaryl/α,β-unsaturated/α-hetero) is 1. The van der Waals surface area contributed by atoms with E-state index in [1.807, 2.05) is 65.8 Å². The van der Waals surface area contributed by atoms with Crippen LogP contribution in [0.4, 0.5) is 0 Å². The molecule has 0 bridgehead atoms. The minimum atomic E-state index is -0.556. The highest BCUT2D eigenvalue weighted by molar-refractivity contribution is 5.96. The molecule has 0 spiro atoms. The van der Waals surface area contributed by atoms with Crippen LogP contribution in [-0.4, -0.2) is 30.9 Å². The Labute approximate surface area is 165 Å². The number of ketones is 1. The summed E-state index contributed by atoms with van der Waals surface area (Å²) in [4.78, 5) is 36.6. The zero-order valence-corrected chi connectivity index (χ0v) is 17.3. The molecular formula is C23H26O5. The predicted octanol–water partition coefficient (Wildman–Crippen LogP) is 4.12. The van der Waals surface area contributed by atoms with Gasteiger partial charge in [0.2, 0.25) is 5.78 Å². The zero-order chi connectivity index (χ0) is 21.0. The predicted molar refractivity (Wildman–Crippen MR) is 107 cm³/mol. The average molecular weight is 382 g/mol. The van der Waals surface area contributed by atoms with Gasteiger partial charge in [0.25, 0.3) is 0 Å². The van der Waals surface area contributed by atoms with Gasteiger partial charge < -0.3 is 9.47 Å². The minimum Gasteiger partial charge on any atom is -0.454 e. The highest BCUT2D eigenvalue weighted by Gasteiger charge is 2.18. The van der Waals surface area contributed by atoms with Crippen molar-refractivity contribution in [3.05, 3.63) is 68.8 Å². The van der Waals surface area contributed by atoms with Crippen molar-refractivity contribution in [2.24, 2.45) is 0 Å². The average Bonchev–Trinajstić information content (AvgIpc) is 2.56. The summed E-state index contributed by atoms with van der Waals surface area (Å²) in [6, 6.07) is 7.55. The monoisotopic (exact) mass is 382 g/mol. The second-order valence-corrected chi connectivity index (χ2v) is 7.24. The summed E-state index contributed by atoms with van der Waals surface area (Å²) in [5, 5.41) is 0. The van der Waals surface area contributed by atoms with Gasteiger partial charge in [0, 0.05) is 0 Å². The summed E-state index contributed by atoms with van der Waals surface area (Å²) in [5.41, 5.74) is 6.21. The van der Waals surface area contributed by atoms with Crippen molar-refractivity contribution in [3.63, 3.8) is 0 Å². The van der Waals surface area contributed by atoms with Crippen LogP contribution < -0.4 is 0 Å². The first-order valence-corrected chi connectivity index (χ1v) is 9.11. The van der Waals surface area contributed by atoms with Gasteiger partial charge >= 0.3 is 11.9 Å². The first-order chi connectivity index (χ1) is 13.1. The van der Waals surface area contributed by atoms with E-state index in [1.165, 1.54) is 0 Å². The lowest BCUT2D eigenvalue weighted by Gasteiger charge is -2.12. The van der Waals surface area contributed by atoms with E-state index in [0.717, 1.165) is 33.4 Å². The molecule has 0 aliphatic rings.